The molecule has 194 valence electrons. The van der Waals surface area contributed by atoms with Crippen LogP contribution in [0, 0.1) is 10.8 Å². The number of fused-ring (bicyclic) bond motifs is 1. The van der Waals surface area contributed by atoms with Crippen LogP contribution in [0.1, 0.15) is 79.3 Å². The Morgan fingerprint density at radius 2 is 1.91 bits per heavy atom. The van der Waals surface area contributed by atoms with Crippen molar-refractivity contribution in [2.45, 2.75) is 91.6 Å². The molecule has 2 aromatic heterocycles. The highest BCUT2D eigenvalue weighted by Gasteiger charge is 2.46. The first-order valence-corrected chi connectivity index (χ1v) is 14.7. The monoisotopic (exact) mass is 521 g/mol. The van der Waals surface area contributed by atoms with Crippen molar-refractivity contribution in [2.75, 3.05) is 0 Å². The van der Waals surface area contributed by atoms with Gasteiger partial charge in [0.2, 0.25) is 10.0 Å². The third-order valence-corrected chi connectivity index (χ3v) is 10.4. The van der Waals surface area contributed by atoms with Gasteiger partial charge in [-0.3, -0.25) is 9.13 Å². The lowest BCUT2D eigenvalue weighted by molar-refractivity contribution is 0.0616. The smallest absolute Gasteiger partial charge is 0.330 e. The van der Waals surface area contributed by atoms with E-state index in [9.17, 15) is 13.2 Å². The maximum atomic E-state index is 13.0. The molecule has 2 N–H and O–H groups in total. The van der Waals surface area contributed by atoms with Crippen LogP contribution < -0.4 is 10.8 Å². The van der Waals surface area contributed by atoms with Crippen LogP contribution in [0.3, 0.4) is 0 Å². The van der Waals surface area contributed by atoms with Crippen molar-refractivity contribution in [3.63, 3.8) is 0 Å². The molecule has 3 heterocycles. The van der Waals surface area contributed by atoms with Gasteiger partial charge >= 0.3 is 5.69 Å². The van der Waals surface area contributed by atoms with Gasteiger partial charge in [0.1, 0.15) is 4.24 Å². The molecular weight excluding hydrogens is 482 g/mol. The molecule has 35 heavy (non-hydrogen) atoms. The van der Waals surface area contributed by atoms with Crippen molar-refractivity contribution in [3.05, 3.63) is 38.2 Å². The van der Waals surface area contributed by atoms with Gasteiger partial charge in [0.05, 0.1) is 10.9 Å². The van der Waals surface area contributed by atoms with E-state index in [4.69, 9.17) is 10.1 Å². The van der Waals surface area contributed by atoms with Crippen molar-refractivity contribution in [1.82, 2.24) is 19.0 Å². The first-order valence-electron chi connectivity index (χ1n) is 12.3. The number of aromatic nitrogens is 3. The number of primary sulfonamides is 1. The molecular formula is C25H39N5O3S2. The number of allylic oxidation sites excluding steroid dienone is 1. The SMILES string of the molecule is CC1=C(S(N)(=O)=O)SC(C)N1C1CC(c2ccc3c(n2)n(C)c(=O)n3CC(C)(C)C)CCC1(C)C. The van der Waals surface area contributed by atoms with E-state index >= 15 is 0 Å². The Balaban J connectivity index is 1.70. The average Bonchev–Trinajstić information content (AvgIpc) is 3.15. The maximum Gasteiger partial charge on any atom is 0.330 e. The number of nitrogens with zero attached hydrogens (tertiary/aromatic N) is 4. The van der Waals surface area contributed by atoms with Crippen LogP contribution in [0.25, 0.3) is 11.2 Å². The number of aryl methyl sites for hydroxylation is 1. The maximum absolute atomic E-state index is 13.0. The zero-order valence-electron chi connectivity index (χ0n) is 22.1. The summed E-state index contributed by atoms with van der Waals surface area (Å²) in [5.41, 5.74) is 3.27. The fraction of sp³-hybridized carbons (Fsp3) is 0.680. The molecule has 1 aliphatic heterocycles. The molecule has 0 spiro atoms. The van der Waals surface area contributed by atoms with E-state index in [2.05, 4.69) is 45.6 Å². The summed E-state index contributed by atoms with van der Waals surface area (Å²) in [6.45, 7) is 15.4. The predicted octanol–water partition coefficient (Wildman–Crippen LogP) is 4.32. The third kappa shape index (κ3) is 4.81. The average molecular weight is 522 g/mol. The van der Waals surface area contributed by atoms with E-state index in [1.807, 2.05) is 24.5 Å². The molecule has 0 radical (unpaired) electrons. The lowest BCUT2D eigenvalue weighted by Crippen LogP contribution is -2.49. The number of sulfonamides is 1. The zero-order chi connectivity index (χ0) is 26.1. The molecule has 3 unspecified atom stereocenters. The fourth-order valence-corrected chi connectivity index (χ4v) is 8.23. The summed E-state index contributed by atoms with van der Waals surface area (Å²) in [6, 6.07) is 4.26. The fourth-order valence-electron chi connectivity index (χ4n) is 5.76. The lowest BCUT2D eigenvalue weighted by Gasteiger charge is -2.49. The van der Waals surface area contributed by atoms with Crippen LogP contribution >= 0.6 is 11.8 Å². The largest absolute Gasteiger partial charge is 0.358 e. The molecule has 2 aromatic rings. The molecule has 8 nitrogen and oxygen atoms in total. The highest BCUT2D eigenvalue weighted by atomic mass is 32.3. The minimum absolute atomic E-state index is 0.00552. The Labute approximate surface area is 213 Å². The minimum atomic E-state index is -3.75. The molecule has 10 heteroatoms. The van der Waals surface area contributed by atoms with Crippen LogP contribution in [0.2, 0.25) is 0 Å². The quantitative estimate of drug-likeness (QED) is 0.643. The Morgan fingerprint density at radius 1 is 1.26 bits per heavy atom. The van der Waals surface area contributed by atoms with Gasteiger partial charge in [-0.1, -0.05) is 46.4 Å². The Bertz CT molecular complexity index is 1350. The summed E-state index contributed by atoms with van der Waals surface area (Å²) in [5, 5.41) is 5.51. The summed E-state index contributed by atoms with van der Waals surface area (Å²) < 4.78 is 28.1. The molecule has 1 aliphatic carbocycles. The lowest BCUT2D eigenvalue weighted by atomic mass is 9.67. The van der Waals surface area contributed by atoms with Gasteiger partial charge in [0.25, 0.3) is 0 Å². The van der Waals surface area contributed by atoms with Crippen LogP contribution in [0.15, 0.2) is 26.9 Å². The molecule has 3 atom stereocenters. The number of imidazole rings is 1. The highest BCUT2D eigenvalue weighted by Crippen LogP contribution is 2.51. The van der Waals surface area contributed by atoms with Gasteiger partial charge in [0, 0.05) is 36.9 Å². The van der Waals surface area contributed by atoms with Crippen LogP contribution in [0.5, 0.6) is 0 Å². The second-order valence-electron chi connectivity index (χ2n) is 12.1. The topological polar surface area (TPSA) is 103 Å². The van der Waals surface area contributed by atoms with E-state index in [0.717, 1.165) is 41.8 Å². The first-order chi connectivity index (χ1) is 16.0. The molecule has 0 amide bonds. The second kappa shape index (κ2) is 8.66. The summed E-state index contributed by atoms with van der Waals surface area (Å²) in [4.78, 5) is 20.2. The molecule has 2 aliphatic rings. The van der Waals surface area contributed by atoms with Gasteiger partial charge < -0.3 is 4.90 Å². The Morgan fingerprint density at radius 3 is 2.49 bits per heavy atom. The van der Waals surface area contributed by atoms with Crippen LogP contribution in [-0.2, 0) is 23.6 Å². The number of hydrogen-bond acceptors (Lipinski definition) is 6. The van der Waals surface area contributed by atoms with Gasteiger partial charge in [-0.2, -0.15) is 0 Å². The van der Waals surface area contributed by atoms with E-state index in [0.29, 0.717) is 6.54 Å². The first kappa shape index (κ1) is 26.3. The van der Waals surface area contributed by atoms with Crippen molar-refractivity contribution in [1.29, 1.82) is 0 Å². The summed E-state index contributed by atoms with van der Waals surface area (Å²) in [5.74, 6) is 0.224. The molecule has 0 bridgehead atoms. The second-order valence-corrected chi connectivity index (χ2v) is 15.2. The molecule has 0 aromatic carbocycles. The Kier molecular flexibility index (Phi) is 6.50. The standard InChI is InChI=1S/C25H39N5O3S2/c1-15-22(35(26,32)33)34-16(2)30(15)20-13-17(11-12-25(20,6)7)18-9-10-19-21(27-18)28(8)23(31)29(19)14-24(3,4)5/h9-10,16-17,20H,11-14H2,1-8H3,(H2,26,32,33). The van der Waals surface area contributed by atoms with Crippen molar-refractivity contribution in [2.24, 2.45) is 23.0 Å². The van der Waals surface area contributed by atoms with Gasteiger partial charge in [0.15, 0.2) is 5.65 Å². The number of thioether (sulfide) groups is 1. The minimum Gasteiger partial charge on any atom is -0.358 e. The van der Waals surface area contributed by atoms with Gasteiger partial charge in [-0.15, -0.1) is 0 Å². The van der Waals surface area contributed by atoms with Gasteiger partial charge in [-0.25, -0.2) is 23.3 Å². The van der Waals surface area contributed by atoms with E-state index in [1.54, 1.807) is 11.6 Å². The van der Waals surface area contributed by atoms with Crippen LogP contribution in [-0.4, -0.2) is 38.9 Å². The molecule has 0 saturated heterocycles. The van der Waals surface area contributed by atoms with Gasteiger partial charge in [-0.05, 0) is 56.1 Å². The third-order valence-electron chi connectivity index (χ3n) is 7.55. The normalized spacial score (nSPS) is 25.6. The molecule has 1 fully saturated rings. The Hall–Kier alpha value is -1.78. The van der Waals surface area contributed by atoms with Crippen molar-refractivity contribution >= 4 is 32.9 Å². The number of nitrogens with two attached hydrogens (primary N) is 1. The summed E-state index contributed by atoms with van der Waals surface area (Å²) in [6.07, 6.45) is 2.86. The zero-order valence-corrected chi connectivity index (χ0v) is 23.8. The van der Waals surface area contributed by atoms with Crippen molar-refractivity contribution in [3.8, 4) is 0 Å². The van der Waals surface area contributed by atoms with Crippen molar-refractivity contribution < 1.29 is 8.42 Å². The molecule has 4 rings (SSSR count). The van der Waals surface area contributed by atoms with Crippen LogP contribution in [0.4, 0.5) is 0 Å². The summed E-state index contributed by atoms with van der Waals surface area (Å²) in [7, 11) is -1.96. The van der Waals surface area contributed by atoms with E-state index < -0.39 is 10.0 Å². The van der Waals surface area contributed by atoms with E-state index in [-0.39, 0.29) is 38.1 Å². The number of pyridine rings is 1. The molecule has 1 saturated carbocycles. The van der Waals surface area contributed by atoms with E-state index in [1.165, 1.54) is 11.8 Å². The summed E-state index contributed by atoms with van der Waals surface area (Å²) >= 11 is 1.33. The highest BCUT2D eigenvalue weighted by molar-refractivity contribution is 8.18. The number of rotatable bonds is 4. The number of hydrogen-bond donors (Lipinski definition) is 1. The predicted molar refractivity (Wildman–Crippen MR) is 143 cm³/mol.